The van der Waals surface area contributed by atoms with Crippen molar-refractivity contribution < 1.29 is 13.2 Å². The van der Waals surface area contributed by atoms with Crippen LogP contribution in [0.3, 0.4) is 0 Å². The van der Waals surface area contributed by atoms with Crippen molar-refractivity contribution in [3.8, 4) is 0 Å². The molecule has 1 heterocycles. The molecule has 1 aliphatic rings. The molecule has 0 aromatic heterocycles. The molecule has 1 atom stereocenters. The number of hydrogen-bond acceptors (Lipinski definition) is 3. The number of rotatable bonds is 6. The van der Waals surface area contributed by atoms with E-state index in [9.17, 15) is 13.2 Å². The second-order valence-corrected chi connectivity index (χ2v) is 11.6. The first-order valence-electron chi connectivity index (χ1n) is 11.1. The Bertz CT molecular complexity index is 1290. The number of nitrogens with zero attached hydrogens (tertiary/aromatic N) is 1. The zero-order chi connectivity index (χ0) is 23.8. The average molecular weight is 526 g/mol. The van der Waals surface area contributed by atoms with Crippen LogP contribution in [-0.2, 0) is 34.2 Å². The van der Waals surface area contributed by atoms with E-state index in [1.165, 1.54) is 4.31 Å². The predicted octanol–water partition coefficient (Wildman–Crippen LogP) is 5.69. The summed E-state index contributed by atoms with van der Waals surface area (Å²) in [4.78, 5) is 13.8. The molecule has 33 heavy (non-hydrogen) atoms. The van der Waals surface area contributed by atoms with E-state index in [-0.39, 0.29) is 12.3 Å². The molecule has 0 N–H and O–H groups in total. The van der Waals surface area contributed by atoms with Crippen LogP contribution >= 0.6 is 15.9 Å². The molecule has 1 unspecified atom stereocenters. The fraction of sp³-hybridized carbons (Fsp3) is 0.296. The van der Waals surface area contributed by atoms with Gasteiger partial charge in [-0.15, -0.1) is 0 Å². The summed E-state index contributed by atoms with van der Waals surface area (Å²) in [6.07, 6.45) is 1.27. The van der Waals surface area contributed by atoms with Gasteiger partial charge in [-0.25, -0.2) is 8.42 Å². The lowest BCUT2D eigenvalue weighted by atomic mass is 9.91. The Labute approximate surface area is 204 Å². The third kappa shape index (κ3) is 4.98. The minimum atomic E-state index is -3.86. The highest BCUT2D eigenvalue weighted by atomic mass is 79.9. The van der Waals surface area contributed by atoms with Crippen molar-refractivity contribution in [1.29, 1.82) is 0 Å². The molecular formula is C27H28BrNO3S. The highest BCUT2D eigenvalue weighted by molar-refractivity contribution is 9.10. The fourth-order valence-electron chi connectivity index (χ4n) is 4.84. The SMILES string of the molecule is Cc1cc(C)c(S(=O)(=O)N2Cc3ccccc3CC2C(=O)CCc2cccc(Br)c2)c(C)c1. The Morgan fingerprint density at radius 2 is 1.64 bits per heavy atom. The number of carbonyl (C=O) groups excluding carboxylic acids is 1. The van der Waals surface area contributed by atoms with Crippen LogP contribution in [0, 0.1) is 20.8 Å². The third-order valence-electron chi connectivity index (χ3n) is 6.30. The Morgan fingerprint density at radius 3 is 2.30 bits per heavy atom. The first-order chi connectivity index (χ1) is 15.7. The van der Waals surface area contributed by atoms with Gasteiger partial charge in [-0.3, -0.25) is 4.79 Å². The van der Waals surface area contributed by atoms with Gasteiger partial charge in [0.15, 0.2) is 5.78 Å². The summed E-state index contributed by atoms with van der Waals surface area (Å²) in [5, 5.41) is 0. The van der Waals surface area contributed by atoms with Crippen LogP contribution in [0.15, 0.2) is 70.0 Å². The van der Waals surface area contributed by atoms with Crippen molar-refractivity contribution >= 4 is 31.7 Å². The quantitative estimate of drug-likeness (QED) is 0.415. The molecule has 0 spiro atoms. The molecule has 4 rings (SSSR count). The van der Waals surface area contributed by atoms with E-state index in [2.05, 4.69) is 15.9 Å². The van der Waals surface area contributed by atoms with Gasteiger partial charge in [0.25, 0.3) is 0 Å². The molecule has 0 amide bonds. The Kier molecular flexibility index (Phi) is 6.89. The van der Waals surface area contributed by atoms with E-state index in [0.717, 1.165) is 26.7 Å². The summed E-state index contributed by atoms with van der Waals surface area (Å²) in [6.45, 7) is 5.82. The van der Waals surface area contributed by atoms with Crippen molar-refractivity contribution in [2.75, 3.05) is 0 Å². The summed E-state index contributed by atoms with van der Waals surface area (Å²) in [5.74, 6) is -0.0459. The van der Waals surface area contributed by atoms with Gasteiger partial charge in [0.2, 0.25) is 10.0 Å². The first kappa shape index (κ1) is 23.9. The van der Waals surface area contributed by atoms with E-state index in [1.54, 1.807) is 0 Å². The van der Waals surface area contributed by atoms with Gasteiger partial charge in [-0.2, -0.15) is 4.31 Å². The lowest BCUT2D eigenvalue weighted by Gasteiger charge is -2.36. The van der Waals surface area contributed by atoms with E-state index >= 15 is 0 Å². The van der Waals surface area contributed by atoms with E-state index in [0.29, 0.717) is 35.3 Å². The van der Waals surface area contributed by atoms with Gasteiger partial charge < -0.3 is 0 Å². The van der Waals surface area contributed by atoms with E-state index < -0.39 is 16.1 Å². The summed E-state index contributed by atoms with van der Waals surface area (Å²) in [6, 6.07) is 18.8. The Hall–Kier alpha value is -2.28. The maximum Gasteiger partial charge on any atom is 0.244 e. The summed E-state index contributed by atoms with van der Waals surface area (Å²) >= 11 is 3.47. The van der Waals surface area contributed by atoms with Crippen LogP contribution in [0.2, 0.25) is 0 Å². The smallest absolute Gasteiger partial charge is 0.244 e. The molecule has 1 aliphatic heterocycles. The number of carbonyl (C=O) groups is 1. The number of ketones is 1. The molecular weight excluding hydrogens is 498 g/mol. The van der Waals surface area contributed by atoms with Crippen molar-refractivity contribution in [2.24, 2.45) is 0 Å². The van der Waals surface area contributed by atoms with Crippen LogP contribution in [0.1, 0.15) is 39.8 Å². The second-order valence-electron chi connectivity index (χ2n) is 8.86. The molecule has 0 fully saturated rings. The van der Waals surface area contributed by atoms with Gasteiger partial charge in [-0.1, -0.05) is 70.0 Å². The fourth-order valence-corrected chi connectivity index (χ4v) is 7.29. The minimum Gasteiger partial charge on any atom is -0.298 e. The molecule has 0 radical (unpaired) electrons. The van der Waals surface area contributed by atoms with E-state index in [4.69, 9.17) is 0 Å². The van der Waals surface area contributed by atoms with Crippen LogP contribution in [0.5, 0.6) is 0 Å². The van der Waals surface area contributed by atoms with Gasteiger partial charge in [0.1, 0.15) is 0 Å². The number of halogens is 1. The topological polar surface area (TPSA) is 54.5 Å². The Balaban J connectivity index is 1.70. The summed E-state index contributed by atoms with van der Waals surface area (Å²) in [5.41, 5.74) is 5.50. The van der Waals surface area contributed by atoms with Crippen molar-refractivity contribution in [3.05, 3.63) is 98.5 Å². The highest BCUT2D eigenvalue weighted by Gasteiger charge is 2.40. The lowest BCUT2D eigenvalue weighted by Crippen LogP contribution is -2.48. The zero-order valence-corrected chi connectivity index (χ0v) is 21.5. The van der Waals surface area contributed by atoms with E-state index in [1.807, 2.05) is 81.4 Å². The molecule has 3 aromatic carbocycles. The zero-order valence-electron chi connectivity index (χ0n) is 19.1. The number of fused-ring (bicyclic) bond motifs is 1. The lowest BCUT2D eigenvalue weighted by molar-refractivity contribution is -0.123. The molecule has 6 heteroatoms. The molecule has 172 valence electrons. The van der Waals surface area contributed by atoms with Gasteiger partial charge >= 0.3 is 0 Å². The number of hydrogen-bond donors (Lipinski definition) is 0. The number of benzene rings is 3. The van der Waals surface area contributed by atoms with Gasteiger partial charge in [0.05, 0.1) is 10.9 Å². The standard InChI is InChI=1S/C27H28BrNO3S/c1-18-13-19(2)27(20(3)14-18)33(31,32)29-17-23-9-5-4-8-22(23)16-25(29)26(30)12-11-21-7-6-10-24(28)15-21/h4-10,13-15,25H,11-12,16-17H2,1-3H3. The normalized spacial score (nSPS) is 16.4. The number of aryl methyl sites for hydroxylation is 4. The number of Topliss-reactive ketones (excluding diaryl/α,β-unsaturated/α-hetero) is 1. The maximum atomic E-state index is 14.0. The van der Waals surface area contributed by atoms with Gasteiger partial charge in [-0.05, 0) is 73.6 Å². The molecule has 0 aliphatic carbocycles. The largest absolute Gasteiger partial charge is 0.298 e. The molecule has 4 nitrogen and oxygen atoms in total. The molecule has 0 saturated carbocycles. The molecule has 0 saturated heterocycles. The van der Waals surface area contributed by atoms with Crippen LogP contribution in [0.4, 0.5) is 0 Å². The van der Waals surface area contributed by atoms with Crippen LogP contribution in [-0.4, -0.2) is 24.5 Å². The second kappa shape index (κ2) is 9.53. The summed E-state index contributed by atoms with van der Waals surface area (Å²) in [7, 11) is -3.86. The third-order valence-corrected chi connectivity index (χ3v) is 8.95. The molecule has 3 aromatic rings. The molecule has 0 bridgehead atoms. The van der Waals surface area contributed by atoms with Crippen molar-refractivity contribution in [2.45, 2.75) is 57.5 Å². The minimum absolute atomic E-state index is 0.0459. The van der Waals surface area contributed by atoms with Crippen LogP contribution in [0.25, 0.3) is 0 Å². The monoisotopic (exact) mass is 525 g/mol. The number of sulfonamides is 1. The Morgan fingerprint density at radius 1 is 0.970 bits per heavy atom. The maximum absolute atomic E-state index is 14.0. The highest BCUT2D eigenvalue weighted by Crippen LogP contribution is 2.33. The first-order valence-corrected chi connectivity index (χ1v) is 13.3. The predicted molar refractivity (Wildman–Crippen MR) is 135 cm³/mol. The average Bonchev–Trinajstić information content (AvgIpc) is 2.75. The van der Waals surface area contributed by atoms with Gasteiger partial charge in [0, 0.05) is 17.4 Å². The van der Waals surface area contributed by atoms with Crippen molar-refractivity contribution in [3.63, 3.8) is 0 Å². The van der Waals surface area contributed by atoms with Crippen LogP contribution < -0.4 is 0 Å². The van der Waals surface area contributed by atoms with Crippen molar-refractivity contribution in [1.82, 2.24) is 4.31 Å². The summed E-state index contributed by atoms with van der Waals surface area (Å²) < 4.78 is 30.3.